The lowest BCUT2D eigenvalue weighted by molar-refractivity contribution is 0.216. The molecule has 3 heterocycles. The van der Waals surface area contributed by atoms with Crippen molar-refractivity contribution in [3.05, 3.63) is 31.3 Å². The highest BCUT2D eigenvalue weighted by Gasteiger charge is 2.42. The second-order valence-corrected chi connectivity index (χ2v) is 8.05. The minimum absolute atomic E-state index is 0.0800. The lowest BCUT2D eigenvalue weighted by atomic mass is 10.2. The van der Waals surface area contributed by atoms with Crippen LogP contribution in [0.3, 0.4) is 0 Å². The minimum atomic E-state index is -0.344. The minimum Gasteiger partial charge on any atom is -0.336 e. The summed E-state index contributed by atoms with van der Waals surface area (Å²) in [6.45, 7) is 5.65. The zero-order valence-electron chi connectivity index (χ0n) is 14.0. The van der Waals surface area contributed by atoms with Gasteiger partial charge in [0.05, 0.1) is 17.5 Å². The summed E-state index contributed by atoms with van der Waals surface area (Å²) < 4.78 is 2.99. The molecule has 1 aliphatic heterocycles. The first-order valence-electron chi connectivity index (χ1n) is 8.11. The molecule has 2 fully saturated rings. The van der Waals surface area contributed by atoms with E-state index < -0.39 is 0 Å². The number of nitrogens with one attached hydrogen (secondary N) is 1. The van der Waals surface area contributed by atoms with Crippen LogP contribution in [-0.2, 0) is 19.1 Å². The number of aryl methyl sites for hydroxylation is 2. The molecule has 128 valence electrons. The van der Waals surface area contributed by atoms with Crippen LogP contribution >= 0.6 is 11.3 Å². The van der Waals surface area contributed by atoms with Crippen LogP contribution in [0, 0.1) is 6.92 Å². The number of carbonyl (C=O) groups is 1. The maximum Gasteiger partial charge on any atom is 0.332 e. The van der Waals surface area contributed by atoms with Crippen LogP contribution in [-0.4, -0.2) is 33.2 Å². The highest BCUT2D eigenvalue weighted by molar-refractivity contribution is 7.18. The number of fused-ring (bicyclic) bond motifs is 1. The van der Waals surface area contributed by atoms with Gasteiger partial charge < -0.3 is 10.2 Å². The van der Waals surface area contributed by atoms with E-state index >= 15 is 0 Å². The third kappa shape index (κ3) is 2.05. The van der Waals surface area contributed by atoms with E-state index in [1.165, 1.54) is 15.9 Å². The summed E-state index contributed by atoms with van der Waals surface area (Å²) in [7, 11) is 1.72. The van der Waals surface area contributed by atoms with E-state index in [1.54, 1.807) is 16.5 Å². The number of rotatable bonds is 3. The lowest BCUT2D eigenvalue weighted by Gasteiger charge is -2.14. The summed E-state index contributed by atoms with van der Waals surface area (Å²) in [5, 5.41) is 3.40. The summed E-state index contributed by atoms with van der Waals surface area (Å²) in [4.78, 5) is 40.8. The zero-order valence-corrected chi connectivity index (χ0v) is 14.8. The van der Waals surface area contributed by atoms with Crippen molar-refractivity contribution in [3.8, 4) is 0 Å². The van der Waals surface area contributed by atoms with Gasteiger partial charge in [0.25, 0.3) is 5.56 Å². The van der Waals surface area contributed by atoms with Crippen LogP contribution in [0.4, 0.5) is 4.79 Å². The van der Waals surface area contributed by atoms with Gasteiger partial charge in [-0.3, -0.25) is 13.9 Å². The predicted octanol–water partition coefficient (Wildman–Crippen LogP) is 1.10. The summed E-state index contributed by atoms with van der Waals surface area (Å²) in [6.07, 6.45) is 1.72. The van der Waals surface area contributed by atoms with Gasteiger partial charge in [0, 0.05) is 25.0 Å². The molecule has 1 saturated heterocycles. The van der Waals surface area contributed by atoms with E-state index in [2.05, 4.69) is 5.32 Å². The Morgan fingerprint density at radius 2 is 1.96 bits per heavy atom. The molecule has 0 radical (unpaired) electrons. The quantitative estimate of drug-likeness (QED) is 0.903. The molecule has 0 unspecified atom stereocenters. The molecule has 7 nitrogen and oxygen atoms in total. The number of urea groups is 1. The van der Waals surface area contributed by atoms with Crippen molar-refractivity contribution in [1.82, 2.24) is 19.4 Å². The van der Waals surface area contributed by atoms with Gasteiger partial charge in [-0.15, -0.1) is 11.3 Å². The summed E-state index contributed by atoms with van der Waals surface area (Å²) >= 11 is 1.44. The first kappa shape index (κ1) is 15.4. The first-order valence-corrected chi connectivity index (χ1v) is 8.92. The van der Waals surface area contributed by atoms with Crippen molar-refractivity contribution in [3.63, 3.8) is 0 Å². The average molecular weight is 348 g/mol. The second-order valence-electron chi connectivity index (χ2n) is 6.96. The largest absolute Gasteiger partial charge is 0.336 e. The summed E-state index contributed by atoms with van der Waals surface area (Å²) in [6, 6.07) is -0.0800. The van der Waals surface area contributed by atoms with Crippen LogP contribution in [0.2, 0.25) is 0 Å². The molecule has 1 aliphatic carbocycles. The smallest absolute Gasteiger partial charge is 0.332 e. The summed E-state index contributed by atoms with van der Waals surface area (Å²) in [5.74, 6) is 0. The number of thiophene rings is 1. The lowest BCUT2D eigenvalue weighted by Crippen LogP contribution is -2.43. The number of hydrogen-bond donors (Lipinski definition) is 1. The number of carbonyl (C=O) groups excluding carboxylic acids is 1. The van der Waals surface area contributed by atoms with Gasteiger partial charge in [-0.1, -0.05) is 0 Å². The number of hydrogen-bond acceptors (Lipinski definition) is 4. The molecule has 2 aliphatic rings. The predicted molar refractivity (Wildman–Crippen MR) is 92.8 cm³/mol. The maximum absolute atomic E-state index is 13.0. The molecule has 24 heavy (non-hydrogen) atoms. The molecular formula is C16H20N4O3S. The van der Waals surface area contributed by atoms with E-state index in [0.29, 0.717) is 29.9 Å². The molecule has 0 bridgehead atoms. The standard InChI is InChI=1S/C16H20N4O3S/c1-9-10(8-19-7-6-17-14(19)22)24-13-11(9)12(21)20(15(23)18(13)3)16(2)4-5-16/h4-8H2,1-3H3,(H,17,22). The molecule has 2 aromatic heterocycles. The monoisotopic (exact) mass is 348 g/mol. The van der Waals surface area contributed by atoms with E-state index in [-0.39, 0.29) is 22.8 Å². The van der Waals surface area contributed by atoms with E-state index in [4.69, 9.17) is 0 Å². The Hall–Kier alpha value is -2.09. The molecule has 4 rings (SSSR count). The molecule has 1 N–H and O–H groups in total. The van der Waals surface area contributed by atoms with E-state index in [0.717, 1.165) is 23.3 Å². The Morgan fingerprint density at radius 1 is 1.25 bits per heavy atom. The van der Waals surface area contributed by atoms with E-state index in [9.17, 15) is 14.4 Å². The third-order valence-electron chi connectivity index (χ3n) is 5.22. The Labute approximate surface area is 142 Å². The average Bonchev–Trinajstić information content (AvgIpc) is 2.99. The van der Waals surface area contributed by atoms with Gasteiger partial charge >= 0.3 is 11.7 Å². The number of amides is 2. The molecular weight excluding hydrogens is 328 g/mol. The van der Waals surface area contributed by atoms with Gasteiger partial charge in [-0.25, -0.2) is 9.59 Å². The van der Waals surface area contributed by atoms with Crippen molar-refractivity contribution in [2.75, 3.05) is 13.1 Å². The highest BCUT2D eigenvalue weighted by Crippen LogP contribution is 2.41. The van der Waals surface area contributed by atoms with Crippen molar-refractivity contribution in [2.45, 2.75) is 38.8 Å². The number of aromatic nitrogens is 2. The molecule has 0 aromatic carbocycles. The fourth-order valence-corrected chi connectivity index (χ4v) is 4.60. The topological polar surface area (TPSA) is 76.3 Å². The molecule has 1 saturated carbocycles. The van der Waals surface area contributed by atoms with Gasteiger partial charge in [0.15, 0.2) is 0 Å². The fourth-order valence-electron chi connectivity index (χ4n) is 3.33. The van der Waals surface area contributed by atoms with Gasteiger partial charge in [-0.2, -0.15) is 0 Å². The Morgan fingerprint density at radius 3 is 2.54 bits per heavy atom. The Bertz CT molecular complexity index is 980. The van der Waals surface area contributed by atoms with Gasteiger partial charge in [0.2, 0.25) is 0 Å². The zero-order chi connectivity index (χ0) is 17.2. The highest BCUT2D eigenvalue weighted by atomic mass is 32.1. The molecule has 2 amide bonds. The van der Waals surface area contributed by atoms with Gasteiger partial charge in [0.1, 0.15) is 4.83 Å². The fraction of sp³-hybridized carbons (Fsp3) is 0.562. The Kier molecular flexibility index (Phi) is 3.19. The SMILES string of the molecule is Cc1c(CN2CCNC2=O)sc2c1c(=O)n(C1(C)CC1)c(=O)n2C. The van der Waals surface area contributed by atoms with Crippen molar-refractivity contribution >= 4 is 27.6 Å². The van der Waals surface area contributed by atoms with Crippen molar-refractivity contribution in [2.24, 2.45) is 7.05 Å². The van der Waals surface area contributed by atoms with Crippen LogP contribution in [0.25, 0.3) is 10.2 Å². The molecule has 0 spiro atoms. The maximum atomic E-state index is 13.0. The van der Waals surface area contributed by atoms with Crippen LogP contribution in [0.1, 0.15) is 30.2 Å². The van der Waals surface area contributed by atoms with Crippen LogP contribution < -0.4 is 16.6 Å². The van der Waals surface area contributed by atoms with Crippen LogP contribution in [0.5, 0.6) is 0 Å². The molecule has 0 atom stereocenters. The van der Waals surface area contributed by atoms with Crippen molar-refractivity contribution in [1.29, 1.82) is 0 Å². The van der Waals surface area contributed by atoms with Crippen molar-refractivity contribution < 1.29 is 4.79 Å². The normalized spacial score (nSPS) is 19.1. The molecule has 8 heteroatoms. The van der Waals surface area contributed by atoms with Crippen LogP contribution in [0.15, 0.2) is 9.59 Å². The Balaban J connectivity index is 1.91. The third-order valence-corrected chi connectivity index (χ3v) is 6.57. The van der Waals surface area contributed by atoms with E-state index in [1.807, 2.05) is 13.8 Å². The first-order chi connectivity index (χ1) is 11.3. The molecule has 2 aromatic rings. The summed E-state index contributed by atoms with van der Waals surface area (Å²) in [5.41, 5.74) is 0.0928. The van der Waals surface area contributed by atoms with Gasteiger partial charge in [-0.05, 0) is 32.3 Å². The second kappa shape index (κ2) is 4.95. The number of nitrogens with zero attached hydrogens (tertiary/aromatic N) is 3.